The van der Waals surface area contributed by atoms with Gasteiger partial charge in [-0.25, -0.2) is 8.42 Å². The molecule has 2 aromatic carbocycles. The van der Waals surface area contributed by atoms with Gasteiger partial charge in [-0.15, -0.1) is 0 Å². The van der Waals surface area contributed by atoms with Crippen LogP contribution in [-0.2, 0) is 16.6 Å². The summed E-state index contributed by atoms with van der Waals surface area (Å²) in [6, 6.07) is 14.4. The third kappa shape index (κ3) is 4.56. The minimum Gasteiger partial charge on any atom is -0.491 e. The maximum Gasteiger partial charge on any atom is 0.243 e. The third-order valence-corrected chi connectivity index (χ3v) is 5.25. The van der Waals surface area contributed by atoms with Crippen molar-refractivity contribution in [1.82, 2.24) is 4.31 Å². The van der Waals surface area contributed by atoms with Crippen LogP contribution in [0, 0.1) is 6.92 Å². The van der Waals surface area contributed by atoms with Crippen LogP contribution in [0.4, 0.5) is 0 Å². The van der Waals surface area contributed by atoms with Crippen LogP contribution in [0.5, 0.6) is 5.75 Å². The van der Waals surface area contributed by atoms with E-state index >= 15 is 0 Å². The van der Waals surface area contributed by atoms with Gasteiger partial charge in [0, 0.05) is 13.6 Å². The van der Waals surface area contributed by atoms with E-state index in [1.165, 1.54) is 4.31 Å². The van der Waals surface area contributed by atoms with E-state index in [9.17, 15) is 8.42 Å². The summed E-state index contributed by atoms with van der Waals surface area (Å²) in [7, 11) is -1.89. The number of aryl methyl sites for hydroxylation is 1. The maximum absolute atomic E-state index is 12.6. The zero-order valence-electron chi connectivity index (χ0n) is 14.0. The van der Waals surface area contributed by atoms with Crippen molar-refractivity contribution in [1.29, 1.82) is 0 Å². The summed E-state index contributed by atoms with van der Waals surface area (Å²) in [4.78, 5) is 0.311. The van der Waals surface area contributed by atoms with Crippen molar-refractivity contribution in [2.24, 2.45) is 0 Å². The van der Waals surface area contributed by atoms with Gasteiger partial charge in [0.05, 0.1) is 11.0 Å². The predicted octanol–water partition coefficient (Wildman–Crippen LogP) is 3.60. The monoisotopic (exact) mass is 333 g/mol. The van der Waals surface area contributed by atoms with E-state index in [2.05, 4.69) is 0 Å². The average Bonchev–Trinajstić information content (AvgIpc) is 2.49. The number of ether oxygens (including phenoxy) is 1. The SMILES string of the molecule is Cc1ccc(S(=O)(=O)N(C)Cc2ccc(OC(C)C)cc2)cc1. The Labute approximate surface area is 138 Å². The van der Waals surface area contributed by atoms with Gasteiger partial charge in [0.15, 0.2) is 0 Å². The van der Waals surface area contributed by atoms with Crippen LogP contribution in [0.15, 0.2) is 53.4 Å². The molecule has 4 nitrogen and oxygen atoms in total. The van der Waals surface area contributed by atoms with Crippen LogP contribution in [-0.4, -0.2) is 25.9 Å². The summed E-state index contributed by atoms with van der Waals surface area (Å²) < 4.78 is 32.1. The van der Waals surface area contributed by atoms with E-state index in [4.69, 9.17) is 4.74 Å². The van der Waals surface area contributed by atoms with Gasteiger partial charge in [0.1, 0.15) is 5.75 Å². The van der Waals surface area contributed by atoms with Crippen molar-refractivity contribution in [3.63, 3.8) is 0 Å². The first kappa shape index (κ1) is 17.5. The van der Waals surface area contributed by atoms with Gasteiger partial charge in [-0.2, -0.15) is 4.31 Å². The second-order valence-electron chi connectivity index (χ2n) is 5.88. The van der Waals surface area contributed by atoms with Crippen molar-refractivity contribution in [3.8, 4) is 5.75 Å². The molecule has 0 heterocycles. The van der Waals surface area contributed by atoms with E-state index in [0.29, 0.717) is 11.4 Å². The minimum atomic E-state index is -3.48. The second-order valence-corrected chi connectivity index (χ2v) is 7.93. The van der Waals surface area contributed by atoms with Gasteiger partial charge in [0.25, 0.3) is 0 Å². The van der Waals surface area contributed by atoms with Gasteiger partial charge in [-0.05, 0) is 50.6 Å². The average molecular weight is 333 g/mol. The number of hydrogen-bond donors (Lipinski definition) is 0. The number of nitrogens with zero attached hydrogens (tertiary/aromatic N) is 1. The molecule has 0 aromatic heterocycles. The molecule has 0 radical (unpaired) electrons. The van der Waals surface area contributed by atoms with E-state index in [-0.39, 0.29) is 6.10 Å². The van der Waals surface area contributed by atoms with Crippen molar-refractivity contribution >= 4 is 10.0 Å². The molecule has 0 atom stereocenters. The van der Waals surface area contributed by atoms with Crippen LogP contribution in [0.2, 0.25) is 0 Å². The molecular weight excluding hydrogens is 310 g/mol. The van der Waals surface area contributed by atoms with E-state index < -0.39 is 10.0 Å². The Kier molecular flexibility index (Phi) is 5.44. The molecule has 0 aliphatic heterocycles. The first-order valence-corrected chi connectivity index (χ1v) is 9.01. The van der Waals surface area contributed by atoms with E-state index in [0.717, 1.165) is 16.9 Å². The zero-order chi connectivity index (χ0) is 17.0. The molecule has 2 aromatic rings. The Morgan fingerprint density at radius 1 is 1.00 bits per heavy atom. The second kappa shape index (κ2) is 7.15. The fourth-order valence-electron chi connectivity index (χ4n) is 2.18. The lowest BCUT2D eigenvalue weighted by Gasteiger charge is -2.18. The normalized spacial score (nSPS) is 11.9. The summed E-state index contributed by atoms with van der Waals surface area (Å²) >= 11 is 0. The fraction of sp³-hybridized carbons (Fsp3) is 0.333. The summed E-state index contributed by atoms with van der Waals surface area (Å²) in [5.74, 6) is 0.785. The van der Waals surface area contributed by atoms with Gasteiger partial charge in [-0.3, -0.25) is 0 Å². The first-order valence-electron chi connectivity index (χ1n) is 7.57. The first-order chi connectivity index (χ1) is 10.8. The third-order valence-electron chi connectivity index (χ3n) is 3.43. The van der Waals surface area contributed by atoms with E-state index in [1.807, 2.05) is 45.0 Å². The largest absolute Gasteiger partial charge is 0.491 e. The molecule has 23 heavy (non-hydrogen) atoms. The standard InChI is InChI=1S/C18H23NO3S/c1-14(2)22-17-9-7-16(8-10-17)13-19(4)23(20,21)18-11-5-15(3)6-12-18/h5-12,14H,13H2,1-4H3. The number of benzene rings is 2. The number of sulfonamides is 1. The van der Waals surface area contributed by atoms with Gasteiger partial charge in [-0.1, -0.05) is 29.8 Å². The van der Waals surface area contributed by atoms with Crippen LogP contribution in [0.3, 0.4) is 0 Å². The van der Waals surface area contributed by atoms with Crippen LogP contribution >= 0.6 is 0 Å². The fourth-order valence-corrected chi connectivity index (χ4v) is 3.34. The molecule has 124 valence electrons. The summed E-state index contributed by atoms with van der Waals surface area (Å²) in [6.45, 7) is 6.19. The summed E-state index contributed by atoms with van der Waals surface area (Å²) in [6.07, 6.45) is 0.116. The van der Waals surface area contributed by atoms with Gasteiger partial charge >= 0.3 is 0 Å². The van der Waals surface area contributed by atoms with Crippen LogP contribution in [0.25, 0.3) is 0 Å². The molecule has 2 rings (SSSR count). The molecule has 0 aliphatic carbocycles. The molecule has 0 unspecified atom stereocenters. The van der Waals surface area contributed by atoms with Crippen molar-refractivity contribution in [3.05, 3.63) is 59.7 Å². The highest BCUT2D eigenvalue weighted by Gasteiger charge is 2.20. The molecule has 0 saturated carbocycles. The lowest BCUT2D eigenvalue weighted by molar-refractivity contribution is 0.242. The lowest BCUT2D eigenvalue weighted by atomic mass is 10.2. The molecule has 0 N–H and O–H groups in total. The Morgan fingerprint density at radius 2 is 1.57 bits per heavy atom. The highest BCUT2D eigenvalue weighted by atomic mass is 32.2. The molecule has 0 spiro atoms. The smallest absolute Gasteiger partial charge is 0.243 e. The number of hydrogen-bond acceptors (Lipinski definition) is 3. The molecule has 0 bridgehead atoms. The van der Waals surface area contributed by atoms with Crippen LogP contribution < -0.4 is 4.74 Å². The molecule has 0 saturated heterocycles. The Hall–Kier alpha value is -1.85. The summed E-state index contributed by atoms with van der Waals surface area (Å²) in [5, 5.41) is 0. The van der Waals surface area contributed by atoms with Crippen LogP contribution in [0.1, 0.15) is 25.0 Å². The number of rotatable bonds is 6. The molecule has 0 amide bonds. The lowest BCUT2D eigenvalue weighted by Crippen LogP contribution is -2.26. The highest BCUT2D eigenvalue weighted by Crippen LogP contribution is 2.19. The maximum atomic E-state index is 12.6. The molecular formula is C18H23NO3S. The molecule has 0 aliphatic rings. The topological polar surface area (TPSA) is 46.6 Å². The van der Waals surface area contributed by atoms with E-state index in [1.54, 1.807) is 31.3 Å². The van der Waals surface area contributed by atoms with Gasteiger partial charge < -0.3 is 4.74 Å². The quantitative estimate of drug-likeness (QED) is 0.811. The predicted molar refractivity (Wildman–Crippen MR) is 92.0 cm³/mol. The zero-order valence-corrected chi connectivity index (χ0v) is 14.8. The Bertz CT molecular complexity index is 735. The molecule has 0 fully saturated rings. The Morgan fingerprint density at radius 3 is 2.09 bits per heavy atom. The Balaban J connectivity index is 2.11. The van der Waals surface area contributed by atoms with Crippen molar-refractivity contribution in [2.75, 3.05) is 7.05 Å². The highest BCUT2D eigenvalue weighted by molar-refractivity contribution is 7.89. The van der Waals surface area contributed by atoms with Crippen molar-refractivity contribution < 1.29 is 13.2 Å². The van der Waals surface area contributed by atoms with Gasteiger partial charge in [0.2, 0.25) is 10.0 Å². The van der Waals surface area contributed by atoms with Crippen molar-refractivity contribution in [2.45, 2.75) is 38.3 Å². The summed E-state index contributed by atoms with van der Waals surface area (Å²) in [5.41, 5.74) is 1.95. The molecule has 5 heteroatoms. The minimum absolute atomic E-state index is 0.116.